The minimum Gasteiger partial charge on any atom is -0.360 e. The summed E-state index contributed by atoms with van der Waals surface area (Å²) in [6.07, 6.45) is 4.37. The summed E-state index contributed by atoms with van der Waals surface area (Å²) in [5.41, 5.74) is 0.832. The molecule has 2 aromatic rings. The quantitative estimate of drug-likeness (QED) is 0.771. The van der Waals surface area contributed by atoms with Gasteiger partial charge in [-0.25, -0.2) is 8.42 Å². The van der Waals surface area contributed by atoms with Crippen molar-refractivity contribution in [3.8, 4) is 0 Å². The minimum absolute atomic E-state index is 0.204. The van der Waals surface area contributed by atoms with Gasteiger partial charge >= 0.3 is 0 Å². The Bertz CT molecular complexity index is 871. The van der Waals surface area contributed by atoms with E-state index in [-0.39, 0.29) is 23.0 Å². The van der Waals surface area contributed by atoms with E-state index >= 15 is 0 Å². The van der Waals surface area contributed by atoms with Crippen LogP contribution in [0, 0.1) is 0 Å². The Morgan fingerprint density at radius 1 is 1.35 bits per heavy atom. The third-order valence-electron chi connectivity index (χ3n) is 3.83. The van der Waals surface area contributed by atoms with Gasteiger partial charge in [0.25, 0.3) is 0 Å². The fraction of sp³-hybridized carbons (Fsp3) is 0.333. The maximum absolute atomic E-state index is 12.9. The first-order valence-electron chi connectivity index (χ1n) is 7.01. The lowest BCUT2D eigenvalue weighted by Crippen LogP contribution is -2.26. The molecule has 6 nitrogen and oxygen atoms in total. The van der Waals surface area contributed by atoms with Crippen LogP contribution in [-0.4, -0.2) is 32.7 Å². The molecule has 1 heterocycles. The SMILES string of the molecule is CN(c1ccc(Cl)cc1C(=O)c1cnoc1C1CC1)S(C)(=O)=O. The van der Waals surface area contributed by atoms with Gasteiger partial charge in [0.1, 0.15) is 0 Å². The average Bonchev–Trinajstić information content (AvgIpc) is 3.22. The normalized spacial score (nSPS) is 14.7. The largest absolute Gasteiger partial charge is 0.360 e. The smallest absolute Gasteiger partial charge is 0.232 e. The summed E-state index contributed by atoms with van der Waals surface area (Å²) in [7, 11) is -2.12. The number of hydrogen-bond acceptors (Lipinski definition) is 5. The first-order chi connectivity index (χ1) is 10.8. The van der Waals surface area contributed by atoms with Gasteiger partial charge in [0, 0.05) is 23.6 Å². The fourth-order valence-corrected chi connectivity index (χ4v) is 3.04. The number of halogens is 1. The van der Waals surface area contributed by atoms with E-state index in [4.69, 9.17) is 16.1 Å². The van der Waals surface area contributed by atoms with Crippen LogP contribution in [0.3, 0.4) is 0 Å². The molecule has 1 aliphatic carbocycles. The van der Waals surface area contributed by atoms with Crippen LogP contribution in [0.4, 0.5) is 5.69 Å². The fourth-order valence-electron chi connectivity index (χ4n) is 2.35. The molecular formula is C15H15ClN2O4S. The van der Waals surface area contributed by atoms with Gasteiger partial charge in [-0.05, 0) is 31.0 Å². The minimum atomic E-state index is -3.51. The molecule has 1 aromatic heterocycles. The van der Waals surface area contributed by atoms with Crippen molar-refractivity contribution in [1.82, 2.24) is 5.16 Å². The maximum Gasteiger partial charge on any atom is 0.232 e. The lowest BCUT2D eigenvalue weighted by molar-refractivity contribution is 0.103. The van der Waals surface area contributed by atoms with Crippen molar-refractivity contribution in [3.63, 3.8) is 0 Å². The zero-order valence-corrected chi connectivity index (χ0v) is 14.2. The molecule has 1 aliphatic rings. The van der Waals surface area contributed by atoms with Crippen LogP contribution < -0.4 is 4.31 Å². The molecule has 0 N–H and O–H groups in total. The number of sulfonamides is 1. The molecule has 0 bridgehead atoms. The number of benzene rings is 1. The van der Waals surface area contributed by atoms with Crippen molar-refractivity contribution in [3.05, 3.63) is 46.3 Å². The summed E-state index contributed by atoms with van der Waals surface area (Å²) in [6.45, 7) is 0. The van der Waals surface area contributed by atoms with Crippen LogP contribution >= 0.6 is 11.6 Å². The van der Waals surface area contributed by atoms with Gasteiger partial charge in [0.2, 0.25) is 10.0 Å². The van der Waals surface area contributed by atoms with E-state index in [2.05, 4.69) is 5.16 Å². The second-order valence-electron chi connectivity index (χ2n) is 5.60. The number of rotatable bonds is 5. The van der Waals surface area contributed by atoms with Crippen molar-refractivity contribution >= 4 is 33.1 Å². The lowest BCUT2D eigenvalue weighted by Gasteiger charge is -2.19. The molecule has 23 heavy (non-hydrogen) atoms. The monoisotopic (exact) mass is 354 g/mol. The second-order valence-corrected chi connectivity index (χ2v) is 8.05. The number of carbonyl (C=O) groups is 1. The second kappa shape index (κ2) is 5.65. The molecule has 0 atom stereocenters. The highest BCUT2D eigenvalue weighted by molar-refractivity contribution is 7.92. The molecule has 3 rings (SSSR count). The molecule has 0 amide bonds. The standard InChI is InChI=1S/C15H15ClN2O4S/c1-18(23(2,20)21)13-6-5-10(16)7-11(13)14(19)12-8-17-22-15(12)9-3-4-9/h5-9H,3-4H2,1-2H3. The van der Waals surface area contributed by atoms with E-state index in [0.29, 0.717) is 16.3 Å². The van der Waals surface area contributed by atoms with Gasteiger partial charge in [-0.15, -0.1) is 0 Å². The first kappa shape index (κ1) is 16.0. The van der Waals surface area contributed by atoms with Gasteiger partial charge in [0.05, 0.1) is 23.7 Å². The van der Waals surface area contributed by atoms with E-state index in [1.807, 2.05) is 0 Å². The van der Waals surface area contributed by atoms with Crippen LogP contribution in [0.15, 0.2) is 28.9 Å². The summed E-state index contributed by atoms with van der Waals surface area (Å²) < 4.78 is 29.9. The van der Waals surface area contributed by atoms with E-state index in [9.17, 15) is 13.2 Å². The topological polar surface area (TPSA) is 80.5 Å². The third kappa shape index (κ3) is 3.11. The molecule has 0 saturated heterocycles. The van der Waals surface area contributed by atoms with Crippen LogP contribution in [0.2, 0.25) is 5.02 Å². The number of ketones is 1. The van der Waals surface area contributed by atoms with E-state index < -0.39 is 10.0 Å². The Morgan fingerprint density at radius 2 is 2.04 bits per heavy atom. The summed E-state index contributed by atoms with van der Waals surface area (Å²) in [5, 5.41) is 4.07. The Balaban J connectivity index is 2.09. The Labute approximate surface area is 139 Å². The van der Waals surface area contributed by atoms with Crippen molar-refractivity contribution < 1.29 is 17.7 Å². The summed E-state index contributed by atoms with van der Waals surface area (Å²) in [4.78, 5) is 12.9. The van der Waals surface area contributed by atoms with Gasteiger partial charge in [-0.3, -0.25) is 9.10 Å². The first-order valence-corrected chi connectivity index (χ1v) is 9.24. The van der Waals surface area contributed by atoms with Gasteiger partial charge in [-0.1, -0.05) is 16.8 Å². The number of aromatic nitrogens is 1. The summed E-state index contributed by atoms with van der Waals surface area (Å²) >= 11 is 6.00. The van der Waals surface area contributed by atoms with E-state index in [1.54, 1.807) is 6.07 Å². The summed E-state index contributed by atoms with van der Waals surface area (Å²) in [6, 6.07) is 4.52. The third-order valence-corrected chi connectivity index (χ3v) is 5.26. The van der Waals surface area contributed by atoms with Crippen LogP contribution in [0.1, 0.15) is 40.4 Å². The summed E-state index contributed by atoms with van der Waals surface area (Å²) in [5.74, 6) is 0.427. The zero-order valence-electron chi connectivity index (χ0n) is 12.6. The molecular weight excluding hydrogens is 340 g/mol. The van der Waals surface area contributed by atoms with Gasteiger partial charge in [0.15, 0.2) is 11.5 Å². The molecule has 1 fully saturated rings. The maximum atomic E-state index is 12.9. The van der Waals surface area contributed by atoms with Crippen molar-refractivity contribution in [1.29, 1.82) is 0 Å². The average molecular weight is 355 g/mol. The van der Waals surface area contributed by atoms with Crippen LogP contribution in [0.5, 0.6) is 0 Å². The molecule has 0 radical (unpaired) electrons. The number of hydrogen-bond donors (Lipinski definition) is 0. The number of nitrogens with zero attached hydrogens (tertiary/aromatic N) is 2. The Morgan fingerprint density at radius 3 is 2.65 bits per heavy atom. The highest BCUT2D eigenvalue weighted by Gasteiger charge is 2.33. The Hall–Kier alpha value is -1.86. The highest BCUT2D eigenvalue weighted by atomic mass is 35.5. The predicted octanol–water partition coefficient (Wildman–Crippen LogP) is 2.83. The van der Waals surface area contributed by atoms with E-state index in [1.165, 1.54) is 25.4 Å². The highest BCUT2D eigenvalue weighted by Crippen LogP contribution is 2.42. The predicted molar refractivity (Wildman–Crippen MR) is 86.6 cm³/mol. The molecule has 1 aromatic carbocycles. The van der Waals surface area contributed by atoms with Gasteiger partial charge in [-0.2, -0.15) is 0 Å². The molecule has 0 spiro atoms. The molecule has 122 valence electrons. The van der Waals surface area contributed by atoms with Crippen LogP contribution in [-0.2, 0) is 10.0 Å². The van der Waals surface area contributed by atoms with E-state index in [0.717, 1.165) is 23.4 Å². The van der Waals surface area contributed by atoms with Crippen LogP contribution in [0.25, 0.3) is 0 Å². The Kier molecular flexibility index (Phi) is 3.93. The zero-order chi connectivity index (χ0) is 16.8. The number of carbonyl (C=O) groups excluding carboxylic acids is 1. The van der Waals surface area contributed by atoms with Crippen molar-refractivity contribution in [2.45, 2.75) is 18.8 Å². The van der Waals surface area contributed by atoms with Gasteiger partial charge < -0.3 is 4.52 Å². The lowest BCUT2D eigenvalue weighted by atomic mass is 10.0. The van der Waals surface area contributed by atoms with Crippen molar-refractivity contribution in [2.24, 2.45) is 0 Å². The molecule has 0 aliphatic heterocycles. The molecule has 8 heteroatoms. The van der Waals surface area contributed by atoms with Crippen molar-refractivity contribution in [2.75, 3.05) is 17.6 Å². The molecule has 1 saturated carbocycles. The molecule has 0 unspecified atom stereocenters. The number of anilines is 1.